The highest BCUT2D eigenvalue weighted by atomic mass is 79.9. The molecule has 0 aliphatic rings. The minimum absolute atomic E-state index is 0.486. The van der Waals surface area contributed by atoms with Gasteiger partial charge in [0, 0.05) is 22.6 Å². The van der Waals surface area contributed by atoms with Gasteiger partial charge < -0.3 is 9.67 Å². The first-order chi connectivity index (χ1) is 8.06. The van der Waals surface area contributed by atoms with Crippen LogP contribution in [-0.2, 0) is 11.3 Å². The van der Waals surface area contributed by atoms with E-state index in [0.717, 1.165) is 27.5 Å². The molecule has 0 spiro atoms. The lowest BCUT2D eigenvalue weighted by Crippen LogP contribution is -2.06. The van der Waals surface area contributed by atoms with Gasteiger partial charge in [-0.3, -0.25) is 4.79 Å². The second-order valence-electron chi connectivity index (χ2n) is 4.07. The van der Waals surface area contributed by atoms with E-state index >= 15 is 0 Å². The van der Waals surface area contributed by atoms with Gasteiger partial charge in [-0.15, -0.1) is 0 Å². The van der Waals surface area contributed by atoms with Gasteiger partial charge in [0.2, 0.25) is 0 Å². The first-order valence-corrected chi connectivity index (χ1v) is 6.35. The number of fused-ring (bicyclic) bond motifs is 1. The van der Waals surface area contributed by atoms with E-state index < -0.39 is 11.9 Å². The van der Waals surface area contributed by atoms with Gasteiger partial charge in [-0.2, -0.15) is 0 Å². The molecular formula is C13H14BrNO2. The molecule has 0 radical (unpaired) electrons. The van der Waals surface area contributed by atoms with E-state index in [2.05, 4.69) is 20.5 Å². The molecule has 1 atom stereocenters. The number of hydrogen-bond acceptors (Lipinski definition) is 1. The van der Waals surface area contributed by atoms with Crippen LogP contribution in [0.3, 0.4) is 0 Å². The molecule has 4 heteroatoms. The van der Waals surface area contributed by atoms with Crippen molar-refractivity contribution in [3.8, 4) is 0 Å². The molecule has 1 aromatic heterocycles. The van der Waals surface area contributed by atoms with Crippen molar-refractivity contribution in [3.05, 3.63) is 34.4 Å². The van der Waals surface area contributed by atoms with E-state index in [-0.39, 0.29) is 0 Å². The molecule has 90 valence electrons. The van der Waals surface area contributed by atoms with Gasteiger partial charge in [-0.1, -0.05) is 12.1 Å². The van der Waals surface area contributed by atoms with Gasteiger partial charge in [0.1, 0.15) is 0 Å². The second-order valence-corrected chi connectivity index (χ2v) is 4.92. The van der Waals surface area contributed by atoms with Crippen molar-refractivity contribution in [2.45, 2.75) is 26.3 Å². The summed E-state index contributed by atoms with van der Waals surface area (Å²) in [6, 6.07) is 5.88. The molecule has 0 saturated carbocycles. The van der Waals surface area contributed by atoms with Crippen LogP contribution in [0.25, 0.3) is 10.9 Å². The molecule has 0 fully saturated rings. The Kier molecular flexibility index (Phi) is 3.24. The number of carboxylic acids is 1. The Morgan fingerprint density at radius 1 is 1.53 bits per heavy atom. The number of hydrogen-bond donors (Lipinski definition) is 1. The third-order valence-corrected chi connectivity index (χ3v) is 3.70. The fourth-order valence-electron chi connectivity index (χ4n) is 2.07. The zero-order chi connectivity index (χ0) is 12.6. The molecule has 0 aliphatic heterocycles. The van der Waals surface area contributed by atoms with Crippen molar-refractivity contribution in [1.82, 2.24) is 4.57 Å². The number of benzene rings is 1. The second kappa shape index (κ2) is 4.53. The van der Waals surface area contributed by atoms with E-state index in [0.29, 0.717) is 0 Å². The molecule has 1 N–H and O–H groups in total. The van der Waals surface area contributed by atoms with Gasteiger partial charge >= 0.3 is 5.97 Å². The topological polar surface area (TPSA) is 42.2 Å². The number of aromatic nitrogens is 1. The first-order valence-electron chi connectivity index (χ1n) is 5.56. The van der Waals surface area contributed by atoms with Crippen LogP contribution in [-0.4, -0.2) is 15.6 Å². The summed E-state index contributed by atoms with van der Waals surface area (Å²) >= 11 is 3.52. The summed E-state index contributed by atoms with van der Waals surface area (Å²) in [7, 11) is 0. The summed E-state index contributed by atoms with van der Waals surface area (Å²) in [4.78, 5) is 11.1. The lowest BCUT2D eigenvalue weighted by atomic mass is 10.0. The smallest absolute Gasteiger partial charge is 0.310 e. The van der Waals surface area contributed by atoms with Gasteiger partial charge in [0.15, 0.2) is 0 Å². The predicted octanol–water partition coefficient (Wildman–Crippen LogP) is 3.61. The number of carboxylic acid groups (broad SMARTS) is 1. The van der Waals surface area contributed by atoms with Crippen LogP contribution in [0.5, 0.6) is 0 Å². The summed E-state index contributed by atoms with van der Waals surface area (Å²) in [5.41, 5.74) is 1.94. The number of aryl methyl sites for hydroxylation is 1. The molecule has 1 heterocycles. The Bertz CT molecular complexity index is 574. The first kappa shape index (κ1) is 12.2. The number of rotatable bonds is 3. The Labute approximate surface area is 108 Å². The zero-order valence-electron chi connectivity index (χ0n) is 9.77. The monoisotopic (exact) mass is 295 g/mol. The van der Waals surface area contributed by atoms with Crippen LogP contribution in [0.2, 0.25) is 0 Å². The summed E-state index contributed by atoms with van der Waals surface area (Å²) in [5.74, 6) is -1.28. The SMILES string of the molecule is CCn1cc(C(C)C(=O)O)c2cccc(Br)c21. The molecule has 3 nitrogen and oxygen atoms in total. The summed E-state index contributed by atoms with van der Waals surface area (Å²) in [6.07, 6.45) is 1.94. The minimum Gasteiger partial charge on any atom is -0.481 e. The van der Waals surface area contributed by atoms with Crippen LogP contribution in [0, 0.1) is 0 Å². The molecule has 0 saturated heterocycles. The fraction of sp³-hybridized carbons (Fsp3) is 0.308. The van der Waals surface area contributed by atoms with E-state index in [1.165, 1.54) is 0 Å². The van der Waals surface area contributed by atoms with Crippen molar-refractivity contribution in [3.63, 3.8) is 0 Å². The van der Waals surface area contributed by atoms with Crippen molar-refractivity contribution >= 4 is 32.8 Å². The highest BCUT2D eigenvalue weighted by Gasteiger charge is 2.20. The molecular weight excluding hydrogens is 282 g/mol. The van der Waals surface area contributed by atoms with Gasteiger partial charge in [-0.25, -0.2) is 0 Å². The number of halogens is 1. The molecule has 0 amide bonds. The van der Waals surface area contributed by atoms with Crippen molar-refractivity contribution in [1.29, 1.82) is 0 Å². The quantitative estimate of drug-likeness (QED) is 0.940. The average Bonchev–Trinajstić information content (AvgIpc) is 2.68. The largest absolute Gasteiger partial charge is 0.481 e. The number of aliphatic carboxylic acids is 1. The summed E-state index contributed by atoms with van der Waals surface area (Å²) in [6.45, 7) is 4.59. The Morgan fingerprint density at radius 2 is 2.24 bits per heavy atom. The average molecular weight is 296 g/mol. The van der Waals surface area contributed by atoms with E-state index in [1.807, 2.05) is 31.3 Å². The molecule has 17 heavy (non-hydrogen) atoms. The highest BCUT2D eigenvalue weighted by Crippen LogP contribution is 2.32. The van der Waals surface area contributed by atoms with Crippen molar-refractivity contribution in [2.24, 2.45) is 0 Å². The van der Waals surface area contributed by atoms with Crippen LogP contribution in [0.4, 0.5) is 0 Å². The maximum Gasteiger partial charge on any atom is 0.310 e. The van der Waals surface area contributed by atoms with Crippen LogP contribution >= 0.6 is 15.9 Å². The maximum absolute atomic E-state index is 11.1. The van der Waals surface area contributed by atoms with Gasteiger partial charge in [0.05, 0.1) is 11.4 Å². The standard InChI is InChI=1S/C13H14BrNO2/c1-3-15-7-10(8(2)13(16)17)9-5-4-6-11(14)12(9)15/h4-8H,3H2,1-2H3,(H,16,17). The number of para-hydroxylation sites is 1. The maximum atomic E-state index is 11.1. The predicted molar refractivity (Wildman–Crippen MR) is 71.4 cm³/mol. The van der Waals surface area contributed by atoms with Crippen molar-refractivity contribution < 1.29 is 9.90 Å². The molecule has 1 aromatic carbocycles. The Hall–Kier alpha value is -1.29. The summed E-state index contributed by atoms with van der Waals surface area (Å²) < 4.78 is 3.08. The summed E-state index contributed by atoms with van der Waals surface area (Å²) in [5, 5.41) is 10.1. The normalized spacial score (nSPS) is 12.9. The van der Waals surface area contributed by atoms with E-state index in [9.17, 15) is 4.79 Å². The highest BCUT2D eigenvalue weighted by molar-refractivity contribution is 9.10. The molecule has 2 rings (SSSR count). The van der Waals surface area contributed by atoms with Gasteiger partial charge in [0.25, 0.3) is 0 Å². The van der Waals surface area contributed by atoms with Crippen LogP contribution in [0.1, 0.15) is 25.3 Å². The molecule has 0 bridgehead atoms. The number of nitrogens with zero attached hydrogens (tertiary/aromatic N) is 1. The Balaban J connectivity index is 2.74. The number of carbonyl (C=O) groups is 1. The minimum atomic E-state index is -0.792. The Morgan fingerprint density at radius 3 is 2.82 bits per heavy atom. The van der Waals surface area contributed by atoms with Crippen LogP contribution in [0.15, 0.2) is 28.9 Å². The van der Waals surface area contributed by atoms with Crippen LogP contribution < -0.4 is 0 Å². The molecule has 0 aliphatic carbocycles. The van der Waals surface area contributed by atoms with E-state index in [4.69, 9.17) is 5.11 Å². The zero-order valence-corrected chi connectivity index (χ0v) is 11.4. The molecule has 1 unspecified atom stereocenters. The van der Waals surface area contributed by atoms with E-state index in [1.54, 1.807) is 6.92 Å². The molecule has 2 aromatic rings. The van der Waals surface area contributed by atoms with Crippen molar-refractivity contribution in [2.75, 3.05) is 0 Å². The third kappa shape index (κ3) is 1.97. The third-order valence-electron chi connectivity index (χ3n) is 3.06. The van der Waals surface area contributed by atoms with Gasteiger partial charge in [-0.05, 0) is 41.4 Å². The lowest BCUT2D eigenvalue weighted by molar-refractivity contribution is -0.138. The fourth-order valence-corrected chi connectivity index (χ4v) is 2.66. The lowest BCUT2D eigenvalue weighted by Gasteiger charge is -2.04.